The number of ether oxygens (including phenoxy) is 1. The van der Waals surface area contributed by atoms with Crippen LogP contribution in [0, 0.1) is 5.92 Å². The quantitative estimate of drug-likeness (QED) is 0.793. The lowest BCUT2D eigenvalue weighted by Crippen LogP contribution is -2.28. The van der Waals surface area contributed by atoms with Crippen molar-refractivity contribution in [2.24, 2.45) is 5.92 Å². The van der Waals surface area contributed by atoms with Gasteiger partial charge < -0.3 is 10.5 Å². The SMILES string of the molecule is CCC1O[C@H](n2cnc(N)nc2=O)CC1C. The normalized spacial score (nSPS) is 29.5. The summed E-state index contributed by atoms with van der Waals surface area (Å²) >= 11 is 0. The molecule has 1 fully saturated rings. The molecule has 2 unspecified atom stereocenters. The van der Waals surface area contributed by atoms with Crippen molar-refractivity contribution < 1.29 is 4.74 Å². The Balaban J connectivity index is 2.23. The van der Waals surface area contributed by atoms with Crippen LogP contribution in [0.4, 0.5) is 5.95 Å². The molecule has 0 aliphatic carbocycles. The zero-order valence-electron chi connectivity index (χ0n) is 9.46. The van der Waals surface area contributed by atoms with Crippen LogP contribution >= 0.6 is 0 Å². The fraction of sp³-hybridized carbons (Fsp3) is 0.700. The maximum Gasteiger partial charge on any atom is 0.354 e. The molecule has 1 aromatic heterocycles. The molecule has 1 aliphatic heterocycles. The molecule has 0 radical (unpaired) electrons. The van der Waals surface area contributed by atoms with Gasteiger partial charge >= 0.3 is 5.69 Å². The summed E-state index contributed by atoms with van der Waals surface area (Å²) < 4.78 is 7.18. The molecular weight excluding hydrogens is 208 g/mol. The summed E-state index contributed by atoms with van der Waals surface area (Å²) in [7, 11) is 0. The second-order valence-corrected chi connectivity index (χ2v) is 4.15. The zero-order valence-corrected chi connectivity index (χ0v) is 9.46. The first-order valence-corrected chi connectivity index (χ1v) is 5.48. The van der Waals surface area contributed by atoms with Crippen LogP contribution in [0.25, 0.3) is 0 Å². The van der Waals surface area contributed by atoms with E-state index in [1.807, 2.05) is 0 Å². The Kier molecular flexibility index (Phi) is 2.91. The van der Waals surface area contributed by atoms with E-state index in [-0.39, 0.29) is 18.3 Å². The predicted octanol–water partition coefficient (Wildman–Crippen LogP) is 0.554. The Morgan fingerprint density at radius 2 is 2.44 bits per heavy atom. The average Bonchev–Trinajstić information content (AvgIpc) is 2.59. The molecule has 0 bridgehead atoms. The minimum Gasteiger partial charge on any atom is -0.368 e. The molecule has 6 nitrogen and oxygen atoms in total. The van der Waals surface area contributed by atoms with Gasteiger partial charge in [0, 0.05) is 0 Å². The molecule has 88 valence electrons. The van der Waals surface area contributed by atoms with Crippen molar-refractivity contribution in [3.63, 3.8) is 0 Å². The highest BCUT2D eigenvalue weighted by molar-refractivity contribution is 5.09. The van der Waals surface area contributed by atoms with Crippen molar-refractivity contribution in [3.05, 3.63) is 16.8 Å². The van der Waals surface area contributed by atoms with E-state index in [0.717, 1.165) is 12.8 Å². The highest BCUT2D eigenvalue weighted by atomic mass is 16.5. The second kappa shape index (κ2) is 4.21. The van der Waals surface area contributed by atoms with Gasteiger partial charge in [0.05, 0.1) is 6.10 Å². The standard InChI is InChI=1S/C10H16N4O2/c1-3-7-6(2)4-8(16-7)14-5-12-9(11)13-10(14)15/h5-8H,3-4H2,1-2H3,(H2,11,13,15)/t6?,7?,8-/m0/s1. The molecule has 16 heavy (non-hydrogen) atoms. The van der Waals surface area contributed by atoms with E-state index in [1.165, 1.54) is 10.9 Å². The molecule has 0 spiro atoms. The highest BCUT2D eigenvalue weighted by Crippen LogP contribution is 2.33. The van der Waals surface area contributed by atoms with Crippen molar-refractivity contribution in [2.45, 2.75) is 39.0 Å². The number of nitrogens with zero attached hydrogens (tertiary/aromatic N) is 3. The Bertz CT molecular complexity index is 431. The highest BCUT2D eigenvalue weighted by Gasteiger charge is 2.32. The van der Waals surface area contributed by atoms with E-state index in [4.69, 9.17) is 10.5 Å². The third-order valence-electron chi connectivity index (χ3n) is 3.00. The summed E-state index contributed by atoms with van der Waals surface area (Å²) in [6.07, 6.45) is 3.11. The van der Waals surface area contributed by atoms with Gasteiger partial charge in [-0.1, -0.05) is 13.8 Å². The van der Waals surface area contributed by atoms with E-state index >= 15 is 0 Å². The van der Waals surface area contributed by atoms with Crippen LogP contribution in [0.15, 0.2) is 11.1 Å². The van der Waals surface area contributed by atoms with Crippen LogP contribution < -0.4 is 11.4 Å². The predicted molar refractivity (Wildman–Crippen MR) is 58.7 cm³/mol. The average molecular weight is 224 g/mol. The summed E-state index contributed by atoms with van der Waals surface area (Å²) in [5, 5.41) is 0. The van der Waals surface area contributed by atoms with Crippen molar-refractivity contribution in [1.29, 1.82) is 0 Å². The molecule has 2 rings (SSSR count). The van der Waals surface area contributed by atoms with Crippen LogP contribution in [0.1, 0.15) is 32.9 Å². The summed E-state index contributed by atoms with van der Waals surface area (Å²) in [5.41, 5.74) is 4.93. The fourth-order valence-corrected chi connectivity index (χ4v) is 2.09. The van der Waals surface area contributed by atoms with E-state index in [1.54, 1.807) is 0 Å². The van der Waals surface area contributed by atoms with Gasteiger partial charge in [0.25, 0.3) is 0 Å². The minimum atomic E-state index is -0.401. The largest absolute Gasteiger partial charge is 0.368 e. The van der Waals surface area contributed by atoms with Gasteiger partial charge in [-0.05, 0) is 18.8 Å². The third-order valence-corrected chi connectivity index (χ3v) is 3.00. The molecule has 0 saturated carbocycles. The molecule has 0 amide bonds. The molecular formula is C10H16N4O2. The number of hydrogen-bond acceptors (Lipinski definition) is 5. The van der Waals surface area contributed by atoms with E-state index in [9.17, 15) is 4.79 Å². The molecule has 2 heterocycles. The van der Waals surface area contributed by atoms with Crippen molar-refractivity contribution in [2.75, 3.05) is 5.73 Å². The molecule has 0 aromatic carbocycles. The number of hydrogen-bond donors (Lipinski definition) is 1. The van der Waals surface area contributed by atoms with Crippen molar-refractivity contribution in [1.82, 2.24) is 14.5 Å². The Morgan fingerprint density at radius 3 is 3.00 bits per heavy atom. The number of anilines is 1. The van der Waals surface area contributed by atoms with E-state index in [0.29, 0.717) is 5.92 Å². The molecule has 3 atom stereocenters. The fourth-order valence-electron chi connectivity index (χ4n) is 2.09. The number of aromatic nitrogens is 3. The van der Waals surface area contributed by atoms with Crippen LogP contribution in [0.3, 0.4) is 0 Å². The Labute approximate surface area is 93.5 Å². The number of nitrogens with two attached hydrogens (primary N) is 1. The van der Waals surface area contributed by atoms with Crippen molar-refractivity contribution >= 4 is 5.95 Å². The van der Waals surface area contributed by atoms with Gasteiger partial charge in [-0.2, -0.15) is 4.98 Å². The molecule has 1 aliphatic rings. The monoisotopic (exact) mass is 224 g/mol. The van der Waals surface area contributed by atoms with Crippen LogP contribution in [0.5, 0.6) is 0 Å². The maximum atomic E-state index is 11.6. The second-order valence-electron chi connectivity index (χ2n) is 4.15. The minimum absolute atomic E-state index is 0.000614. The maximum absolute atomic E-state index is 11.6. The van der Waals surface area contributed by atoms with Gasteiger partial charge in [0.1, 0.15) is 12.6 Å². The number of rotatable bonds is 2. The smallest absolute Gasteiger partial charge is 0.354 e. The summed E-state index contributed by atoms with van der Waals surface area (Å²) in [4.78, 5) is 19.0. The summed E-state index contributed by atoms with van der Waals surface area (Å²) in [5.74, 6) is 0.443. The van der Waals surface area contributed by atoms with Crippen molar-refractivity contribution in [3.8, 4) is 0 Å². The third kappa shape index (κ3) is 1.92. The molecule has 1 saturated heterocycles. The van der Waals surface area contributed by atoms with Gasteiger partial charge in [0.2, 0.25) is 5.95 Å². The first kappa shape index (κ1) is 11.1. The zero-order chi connectivity index (χ0) is 11.7. The van der Waals surface area contributed by atoms with Gasteiger partial charge in [-0.3, -0.25) is 4.57 Å². The first-order valence-electron chi connectivity index (χ1n) is 5.48. The van der Waals surface area contributed by atoms with E-state index in [2.05, 4.69) is 23.8 Å². The Morgan fingerprint density at radius 1 is 1.69 bits per heavy atom. The summed E-state index contributed by atoms with van der Waals surface area (Å²) in [6.45, 7) is 4.20. The molecule has 2 N–H and O–H groups in total. The van der Waals surface area contributed by atoms with E-state index < -0.39 is 5.69 Å². The Hall–Kier alpha value is -1.43. The lowest BCUT2D eigenvalue weighted by molar-refractivity contribution is -0.00807. The molecule has 6 heteroatoms. The molecule has 1 aromatic rings. The lowest BCUT2D eigenvalue weighted by Gasteiger charge is -2.14. The van der Waals surface area contributed by atoms with Crippen LogP contribution in [-0.2, 0) is 4.74 Å². The van der Waals surface area contributed by atoms with Crippen LogP contribution in [-0.4, -0.2) is 20.6 Å². The number of nitrogen functional groups attached to an aromatic ring is 1. The first-order chi connectivity index (χ1) is 7.61. The van der Waals surface area contributed by atoms with Gasteiger partial charge in [-0.25, -0.2) is 9.78 Å². The summed E-state index contributed by atoms with van der Waals surface area (Å²) in [6, 6.07) is 0. The van der Waals surface area contributed by atoms with Gasteiger partial charge in [0.15, 0.2) is 0 Å². The van der Waals surface area contributed by atoms with Gasteiger partial charge in [-0.15, -0.1) is 0 Å². The lowest BCUT2D eigenvalue weighted by atomic mass is 10.0. The van der Waals surface area contributed by atoms with Crippen LogP contribution in [0.2, 0.25) is 0 Å². The topological polar surface area (TPSA) is 83.0 Å².